The van der Waals surface area contributed by atoms with E-state index in [2.05, 4.69) is 22.0 Å². The molecule has 0 saturated carbocycles. The summed E-state index contributed by atoms with van der Waals surface area (Å²) >= 11 is 14.9. The normalized spacial score (nSPS) is 16.6. The van der Waals surface area contributed by atoms with Crippen molar-refractivity contribution in [2.45, 2.75) is 18.2 Å². The van der Waals surface area contributed by atoms with Crippen molar-refractivity contribution in [1.82, 2.24) is 0 Å². The third kappa shape index (κ3) is 2.53. The molecule has 6 heteroatoms. The second-order valence-electron chi connectivity index (χ2n) is 4.15. The third-order valence-corrected chi connectivity index (χ3v) is 7.81. The van der Waals surface area contributed by atoms with Gasteiger partial charge in [-0.05, 0) is 45.8 Å². The minimum absolute atomic E-state index is 0.0422. The van der Waals surface area contributed by atoms with E-state index in [9.17, 15) is 0 Å². The van der Waals surface area contributed by atoms with Crippen molar-refractivity contribution >= 4 is 62.0 Å². The van der Waals surface area contributed by atoms with Gasteiger partial charge in [0.2, 0.25) is 0 Å². The summed E-state index contributed by atoms with van der Waals surface area (Å²) < 4.78 is 1.72. The van der Waals surface area contributed by atoms with Gasteiger partial charge in [0.15, 0.2) is 0 Å². The van der Waals surface area contributed by atoms with Crippen LogP contribution < -0.4 is 5.73 Å². The molecule has 3 heterocycles. The van der Waals surface area contributed by atoms with Gasteiger partial charge in [0.05, 0.1) is 6.04 Å². The van der Waals surface area contributed by atoms with Crippen LogP contribution in [-0.2, 0) is 12.2 Å². The Morgan fingerprint density at radius 2 is 2.06 bits per heavy atom. The Labute approximate surface area is 132 Å². The van der Waals surface area contributed by atoms with Gasteiger partial charge in [-0.3, -0.25) is 0 Å². The van der Waals surface area contributed by atoms with Crippen LogP contribution in [0.3, 0.4) is 0 Å². The van der Waals surface area contributed by atoms with Gasteiger partial charge in [-0.15, -0.1) is 22.7 Å². The fraction of sp³-hybridized carbons (Fsp3) is 0.333. The summed E-state index contributed by atoms with van der Waals surface area (Å²) in [4.78, 5) is 3.90. The molecule has 0 saturated heterocycles. The van der Waals surface area contributed by atoms with Crippen LogP contribution in [0.15, 0.2) is 16.6 Å². The van der Waals surface area contributed by atoms with Crippen molar-refractivity contribution < 1.29 is 0 Å². The van der Waals surface area contributed by atoms with Crippen molar-refractivity contribution in [3.05, 3.63) is 41.1 Å². The molecule has 1 aliphatic heterocycles. The first kappa shape index (κ1) is 13.5. The van der Waals surface area contributed by atoms with Gasteiger partial charge in [-0.1, -0.05) is 11.6 Å². The number of hydrogen-bond donors (Lipinski definition) is 1. The third-order valence-electron chi connectivity index (χ3n) is 2.92. The first-order valence-corrected chi connectivity index (χ1v) is 9.50. The number of halogens is 2. The summed E-state index contributed by atoms with van der Waals surface area (Å²) in [6.45, 7) is 0. The molecule has 96 valence electrons. The number of hydrogen-bond acceptors (Lipinski definition) is 4. The van der Waals surface area contributed by atoms with E-state index in [1.807, 2.05) is 29.2 Å². The zero-order valence-electron chi connectivity index (χ0n) is 9.41. The zero-order chi connectivity index (χ0) is 12.7. The van der Waals surface area contributed by atoms with Gasteiger partial charge in [0.25, 0.3) is 0 Å². The van der Waals surface area contributed by atoms with Gasteiger partial charge in [-0.25, -0.2) is 0 Å². The van der Waals surface area contributed by atoms with E-state index >= 15 is 0 Å². The number of nitrogens with two attached hydrogens (primary N) is 1. The minimum Gasteiger partial charge on any atom is -0.319 e. The van der Waals surface area contributed by atoms with Gasteiger partial charge in [-0.2, -0.15) is 11.8 Å². The molecule has 0 fully saturated rings. The van der Waals surface area contributed by atoms with E-state index in [1.54, 1.807) is 11.3 Å². The lowest BCUT2D eigenvalue weighted by Gasteiger charge is -2.08. The average molecular weight is 381 g/mol. The molecular weight excluding hydrogens is 370 g/mol. The number of rotatable bonds is 2. The van der Waals surface area contributed by atoms with Crippen molar-refractivity contribution in [2.75, 3.05) is 5.75 Å². The SMILES string of the molecule is NC(c1cc(Br)c(Cl)s1)c1cc2c(s1)CCSC2. The number of fused-ring (bicyclic) bond motifs is 1. The first-order valence-electron chi connectivity index (χ1n) is 5.54. The Morgan fingerprint density at radius 1 is 1.28 bits per heavy atom. The van der Waals surface area contributed by atoms with Gasteiger partial charge in [0.1, 0.15) is 4.34 Å². The zero-order valence-corrected chi connectivity index (χ0v) is 14.2. The summed E-state index contributed by atoms with van der Waals surface area (Å²) in [5.41, 5.74) is 7.82. The highest BCUT2D eigenvalue weighted by Gasteiger charge is 2.20. The van der Waals surface area contributed by atoms with E-state index < -0.39 is 0 Å². The molecular formula is C12H11BrClNS3. The highest BCUT2D eigenvalue weighted by atomic mass is 79.9. The monoisotopic (exact) mass is 379 g/mol. The summed E-state index contributed by atoms with van der Waals surface area (Å²) in [5.74, 6) is 2.37. The average Bonchev–Trinajstić information content (AvgIpc) is 2.93. The van der Waals surface area contributed by atoms with Crippen LogP contribution in [0.2, 0.25) is 4.34 Å². The maximum atomic E-state index is 6.35. The van der Waals surface area contributed by atoms with Crippen LogP contribution in [-0.4, -0.2) is 5.75 Å². The molecule has 3 rings (SSSR count). The van der Waals surface area contributed by atoms with Crippen LogP contribution in [0.1, 0.15) is 26.2 Å². The topological polar surface area (TPSA) is 26.0 Å². The van der Waals surface area contributed by atoms with E-state index in [0.29, 0.717) is 0 Å². The standard InChI is InChI=1S/C12H11BrClNS3/c13-7-4-10(18-12(7)14)11(15)9-3-6-5-16-2-1-8(6)17-9/h3-4,11H,1-2,5,15H2. The Balaban J connectivity index is 1.92. The molecule has 0 aliphatic carbocycles. The molecule has 1 aliphatic rings. The Morgan fingerprint density at radius 3 is 2.72 bits per heavy atom. The van der Waals surface area contributed by atoms with Crippen molar-refractivity contribution in [2.24, 2.45) is 5.73 Å². The fourth-order valence-corrected chi connectivity index (χ4v) is 6.21. The summed E-state index contributed by atoms with van der Waals surface area (Å²) in [6.07, 6.45) is 1.19. The predicted molar refractivity (Wildman–Crippen MR) is 87.2 cm³/mol. The fourth-order valence-electron chi connectivity index (χ4n) is 1.98. The van der Waals surface area contributed by atoms with E-state index in [0.717, 1.165) is 19.4 Å². The van der Waals surface area contributed by atoms with Gasteiger partial charge in [0, 0.05) is 24.9 Å². The highest BCUT2D eigenvalue weighted by molar-refractivity contribution is 9.10. The Kier molecular flexibility index (Phi) is 4.09. The van der Waals surface area contributed by atoms with Crippen molar-refractivity contribution in [3.8, 4) is 0 Å². The molecule has 0 amide bonds. The maximum absolute atomic E-state index is 6.35. The maximum Gasteiger partial charge on any atom is 0.107 e. The molecule has 1 atom stereocenters. The lowest BCUT2D eigenvalue weighted by atomic mass is 10.1. The van der Waals surface area contributed by atoms with Crippen LogP contribution in [0.25, 0.3) is 0 Å². The van der Waals surface area contributed by atoms with Crippen LogP contribution in [0, 0.1) is 0 Å². The van der Waals surface area contributed by atoms with Crippen molar-refractivity contribution in [1.29, 1.82) is 0 Å². The molecule has 2 aromatic rings. The lowest BCUT2D eigenvalue weighted by Crippen LogP contribution is -2.08. The molecule has 18 heavy (non-hydrogen) atoms. The van der Waals surface area contributed by atoms with E-state index in [4.69, 9.17) is 17.3 Å². The minimum atomic E-state index is -0.0422. The summed E-state index contributed by atoms with van der Waals surface area (Å²) in [5, 5.41) is 0. The lowest BCUT2D eigenvalue weighted by molar-refractivity contribution is 0.915. The number of thioether (sulfide) groups is 1. The molecule has 0 radical (unpaired) electrons. The Hall–Kier alpha value is 0.480. The quantitative estimate of drug-likeness (QED) is 0.787. The Bertz CT molecular complexity index is 535. The first-order chi connectivity index (χ1) is 8.65. The van der Waals surface area contributed by atoms with E-state index in [-0.39, 0.29) is 6.04 Å². The molecule has 0 aromatic carbocycles. The second-order valence-corrected chi connectivity index (χ2v) is 8.96. The second kappa shape index (κ2) is 5.46. The molecule has 2 aromatic heterocycles. The van der Waals surface area contributed by atoms with E-state index in [1.165, 1.54) is 27.5 Å². The number of aryl methyl sites for hydroxylation is 1. The smallest absolute Gasteiger partial charge is 0.107 e. The van der Waals surface area contributed by atoms with Crippen molar-refractivity contribution in [3.63, 3.8) is 0 Å². The molecule has 2 N–H and O–H groups in total. The van der Waals surface area contributed by atoms with Gasteiger partial charge >= 0.3 is 0 Å². The van der Waals surface area contributed by atoms with Crippen LogP contribution in [0.4, 0.5) is 0 Å². The molecule has 1 unspecified atom stereocenters. The molecule has 0 spiro atoms. The largest absolute Gasteiger partial charge is 0.319 e. The molecule has 1 nitrogen and oxygen atoms in total. The molecule has 0 bridgehead atoms. The predicted octanol–water partition coefficient (Wildman–Crippen LogP) is 5.06. The summed E-state index contributed by atoms with van der Waals surface area (Å²) in [7, 11) is 0. The van der Waals surface area contributed by atoms with Crippen LogP contribution in [0.5, 0.6) is 0 Å². The summed E-state index contributed by atoms with van der Waals surface area (Å²) in [6, 6.07) is 4.27. The van der Waals surface area contributed by atoms with Gasteiger partial charge < -0.3 is 5.73 Å². The highest BCUT2D eigenvalue weighted by Crippen LogP contribution is 2.40. The van der Waals surface area contributed by atoms with Crippen LogP contribution >= 0.6 is 62.0 Å². The number of thiophene rings is 2.